The fourth-order valence-corrected chi connectivity index (χ4v) is 5.56. The minimum absolute atomic E-state index is 0.0368. The van der Waals surface area contributed by atoms with Gasteiger partial charge in [0.05, 0.1) is 22.0 Å². The summed E-state index contributed by atoms with van der Waals surface area (Å²) in [5, 5.41) is 17.9. The molecule has 1 saturated heterocycles. The predicted octanol–water partition coefficient (Wildman–Crippen LogP) is 2.93. The molecule has 1 amide bonds. The third kappa shape index (κ3) is 4.90. The Labute approximate surface area is 221 Å². The molecule has 4 heterocycles. The number of likely N-dealkylation sites (tertiary alicyclic amines) is 1. The predicted molar refractivity (Wildman–Crippen MR) is 146 cm³/mol. The molecule has 9 nitrogen and oxygen atoms in total. The zero-order chi connectivity index (χ0) is 26.2. The van der Waals surface area contributed by atoms with Crippen LogP contribution in [0.25, 0.3) is 23.4 Å². The lowest BCUT2D eigenvalue weighted by Crippen LogP contribution is -2.36. The molecule has 3 aromatic heterocycles. The second kappa shape index (κ2) is 9.99. The summed E-state index contributed by atoms with van der Waals surface area (Å²) in [5.74, 6) is -0.387. The highest BCUT2D eigenvalue weighted by Crippen LogP contribution is 2.26. The van der Waals surface area contributed by atoms with Crippen molar-refractivity contribution < 1.29 is 9.18 Å². The lowest BCUT2D eigenvalue weighted by molar-refractivity contribution is 0.103. The Morgan fingerprint density at radius 3 is 2.76 bits per heavy atom. The minimum atomic E-state index is -0.562. The largest absolute Gasteiger partial charge is 0.334 e. The second-order valence-electron chi connectivity index (χ2n) is 9.46. The van der Waals surface area contributed by atoms with Crippen molar-refractivity contribution in [1.29, 1.82) is 0 Å². The van der Waals surface area contributed by atoms with Gasteiger partial charge in [0.25, 0.3) is 11.5 Å². The zero-order valence-corrected chi connectivity index (χ0v) is 21.6. The number of aromatic nitrogens is 4. The molecule has 3 N–H and O–H groups in total. The number of hydrogen-bond acceptors (Lipinski definition) is 7. The van der Waals surface area contributed by atoms with Crippen LogP contribution >= 0.6 is 11.3 Å². The van der Waals surface area contributed by atoms with Crippen LogP contribution in [0.3, 0.4) is 0 Å². The van der Waals surface area contributed by atoms with E-state index in [1.54, 1.807) is 16.8 Å². The third-order valence-corrected chi connectivity index (χ3v) is 7.91. The van der Waals surface area contributed by atoms with Gasteiger partial charge in [-0.25, -0.2) is 9.49 Å². The van der Waals surface area contributed by atoms with Gasteiger partial charge < -0.3 is 10.6 Å². The van der Waals surface area contributed by atoms with E-state index in [9.17, 15) is 14.0 Å². The molecule has 0 saturated carbocycles. The average Bonchev–Trinajstić information content (AvgIpc) is 3.47. The van der Waals surface area contributed by atoms with Gasteiger partial charge in [0, 0.05) is 29.8 Å². The molecule has 0 radical (unpaired) electrons. The number of nitrogens with zero attached hydrogens (tertiary/aromatic N) is 4. The SMILES string of the molecule is Cn1nc(Nc2cc(-c3ccc(F)c(NC(=O)c4cc5c(s4)=CCCC=5)c3)n[nH]c2=O)cc1CN1CCC1. The molecule has 1 aliphatic heterocycles. The Balaban J connectivity index is 1.23. The molecule has 0 bridgehead atoms. The van der Waals surface area contributed by atoms with Gasteiger partial charge in [-0.15, -0.1) is 11.3 Å². The monoisotopic (exact) mass is 531 g/mol. The van der Waals surface area contributed by atoms with Crippen molar-refractivity contribution in [2.45, 2.75) is 25.8 Å². The molecular weight excluding hydrogens is 505 g/mol. The van der Waals surface area contributed by atoms with Crippen LogP contribution in [0.2, 0.25) is 0 Å². The summed E-state index contributed by atoms with van der Waals surface area (Å²) >= 11 is 1.39. The summed E-state index contributed by atoms with van der Waals surface area (Å²) < 4.78 is 17.5. The highest BCUT2D eigenvalue weighted by atomic mass is 32.1. The van der Waals surface area contributed by atoms with E-state index in [0.29, 0.717) is 22.0 Å². The van der Waals surface area contributed by atoms with E-state index in [1.807, 2.05) is 19.2 Å². The summed E-state index contributed by atoms with van der Waals surface area (Å²) in [6, 6.07) is 9.67. The molecular formula is C27H26FN7O2S. The summed E-state index contributed by atoms with van der Waals surface area (Å²) in [6.45, 7) is 2.96. The van der Waals surface area contributed by atoms with Crippen LogP contribution in [0.5, 0.6) is 0 Å². The van der Waals surface area contributed by atoms with Gasteiger partial charge in [-0.3, -0.25) is 19.2 Å². The topological polar surface area (TPSA) is 108 Å². The molecule has 194 valence electrons. The minimum Gasteiger partial charge on any atom is -0.334 e. The first-order valence-corrected chi connectivity index (χ1v) is 13.3. The van der Waals surface area contributed by atoms with Crippen LogP contribution in [0, 0.1) is 5.82 Å². The molecule has 4 aromatic rings. The Morgan fingerprint density at radius 2 is 1.97 bits per heavy atom. The van der Waals surface area contributed by atoms with Crippen molar-refractivity contribution in [3.05, 3.63) is 72.9 Å². The van der Waals surface area contributed by atoms with E-state index in [2.05, 4.69) is 43.0 Å². The number of carbonyl (C=O) groups excluding carboxylic acids is 1. The number of carbonyl (C=O) groups is 1. The molecule has 6 rings (SSSR count). The van der Waals surface area contributed by atoms with Gasteiger partial charge in [-0.05, 0) is 67.9 Å². The van der Waals surface area contributed by atoms with Crippen molar-refractivity contribution in [3.8, 4) is 11.3 Å². The average molecular weight is 532 g/mol. The van der Waals surface area contributed by atoms with Gasteiger partial charge >= 0.3 is 0 Å². The van der Waals surface area contributed by atoms with E-state index in [-0.39, 0.29) is 17.3 Å². The maximum Gasteiger partial charge on any atom is 0.287 e. The molecule has 0 spiro atoms. The van der Waals surface area contributed by atoms with Crippen molar-refractivity contribution >= 4 is 46.6 Å². The molecule has 1 aliphatic carbocycles. The normalized spacial score (nSPS) is 14.7. The molecule has 38 heavy (non-hydrogen) atoms. The van der Waals surface area contributed by atoms with Gasteiger partial charge in [-0.1, -0.05) is 12.2 Å². The van der Waals surface area contributed by atoms with E-state index >= 15 is 0 Å². The molecule has 0 unspecified atom stereocenters. The molecule has 1 aromatic carbocycles. The van der Waals surface area contributed by atoms with E-state index in [1.165, 1.54) is 29.9 Å². The molecule has 11 heteroatoms. The highest BCUT2D eigenvalue weighted by molar-refractivity contribution is 7.12. The summed E-state index contributed by atoms with van der Waals surface area (Å²) in [7, 11) is 1.87. The third-order valence-electron chi connectivity index (χ3n) is 6.76. The van der Waals surface area contributed by atoms with Crippen LogP contribution in [-0.2, 0) is 13.6 Å². The Bertz CT molecular complexity index is 1680. The second-order valence-corrected chi connectivity index (χ2v) is 10.5. The first-order chi connectivity index (χ1) is 18.4. The van der Waals surface area contributed by atoms with Crippen LogP contribution in [0.1, 0.15) is 34.6 Å². The number of nitrogens with one attached hydrogen (secondary N) is 3. The van der Waals surface area contributed by atoms with Gasteiger partial charge in [-0.2, -0.15) is 10.2 Å². The van der Waals surface area contributed by atoms with Gasteiger partial charge in [0.15, 0.2) is 5.82 Å². The number of fused-ring (bicyclic) bond motifs is 1. The number of benzene rings is 1. The van der Waals surface area contributed by atoms with Crippen molar-refractivity contribution in [3.63, 3.8) is 0 Å². The van der Waals surface area contributed by atoms with Crippen molar-refractivity contribution in [2.24, 2.45) is 7.05 Å². The number of hydrogen-bond donors (Lipinski definition) is 3. The Morgan fingerprint density at radius 1 is 1.13 bits per heavy atom. The molecule has 0 atom stereocenters. The van der Waals surface area contributed by atoms with Crippen molar-refractivity contribution in [2.75, 3.05) is 23.7 Å². The highest BCUT2D eigenvalue weighted by Gasteiger charge is 2.18. The van der Waals surface area contributed by atoms with Crippen LogP contribution in [0.4, 0.5) is 21.6 Å². The Hall–Kier alpha value is -4.09. The maximum atomic E-state index is 14.7. The smallest absolute Gasteiger partial charge is 0.287 e. The van der Waals surface area contributed by atoms with E-state index in [4.69, 9.17) is 0 Å². The molecule has 1 fully saturated rings. The summed E-state index contributed by atoms with van der Waals surface area (Å²) in [5.41, 5.74) is 1.88. The van der Waals surface area contributed by atoms with Crippen molar-refractivity contribution in [1.82, 2.24) is 24.9 Å². The van der Waals surface area contributed by atoms with Gasteiger partial charge in [0.1, 0.15) is 11.5 Å². The molecule has 2 aliphatic rings. The summed E-state index contributed by atoms with van der Waals surface area (Å²) in [6.07, 6.45) is 7.33. The summed E-state index contributed by atoms with van der Waals surface area (Å²) in [4.78, 5) is 28.2. The number of rotatable bonds is 7. The van der Waals surface area contributed by atoms with Crippen LogP contribution in [0.15, 0.2) is 41.2 Å². The fourth-order valence-electron chi connectivity index (χ4n) is 4.54. The lowest BCUT2D eigenvalue weighted by Gasteiger charge is -2.30. The quantitative estimate of drug-likeness (QED) is 0.339. The number of H-pyrrole nitrogens is 1. The number of aromatic amines is 1. The number of amides is 1. The fraction of sp³-hybridized carbons (Fsp3) is 0.259. The van der Waals surface area contributed by atoms with Crippen LogP contribution in [-0.4, -0.2) is 43.9 Å². The standard InChI is InChI=1S/C27H26FN7O2S/c1-34-18(15-35-9-4-10-35)13-25(33-34)29-22-14-20(31-32-26(22)36)16-7-8-19(28)21(11-16)30-27(37)24-12-17-5-2-3-6-23(17)38-24/h5-8,11-14H,2-4,9-10,15H2,1H3,(H,30,37)(H,32,36)(H,29,31,33). The number of aryl methyl sites for hydroxylation is 1. The number of thiophene rings is 1. The maximum absolute atomic E-state index is 14.7. The van der Waals surface area contributed by atoms with E-state index < -0.39 is 11.4 Å². The zero-order valence-electron chi connectivity index (χ0n) is 20.8. The lowest BCUT2D eigenvalue weighted by atomic mass is 10.1. The van der Waals surface area contributed by atoms with E-state index in [0.717, 1.165) is 47.9 Å². The Kier molecular flexibility index (Phi) is 6.38. The van der Waals surface area contributed by atoms with Crippen LogP contribution < -0.4 is 25.9 Å². The first kappa shape index (κ1) is 24.3. The number of halogens is 1. The number of anilines is 3. The first-order valence-electron chi connectivity index (χ1n) is 12.5. The van der Waals surface area contributed by atoms with Gasteiger partial charge in [0.2, 0.25) is 0 Å².